The van der Waals surface area contributed by atoms with Crippen LogP contribution in [-0.2, 0) is 19.7 Å². The average molecular weight is 478 g/mol. The fraction of sp³-hybridized carbons (Fsp3) is 0.346. The van der Waals surface area contributed by atoms with Crippen molar-refractivity contribution in [3.63, 3.8) is 0 Å². The van der Waals surface area contributed by atoms with Gasteiger partial charge in [0.05, 0.1) is 6.61 Å². The van der Waals surface area contributed by atoms with Gasteiger partial charge in [-0.2, -0.15) is 4.98 Å². The Balaban J connectivity index is 1.35. The number of nitrogens with zero attached hydrogens (tertiary/aromatic N) is 3. The molecule has 5 rings (SSSR count). The molecule has 2 aromatic carbocycles. The molecule has 3 aromatic rings. The second-order valence-corrected chi connectivity index (χ2v) is 9.62. The molecule has 3 N–H and O–H groups in total. The van der Waals surface area contributed by atoms with Crippen LogP contribution in [0.1, 0.15) is 46.3 Å². The van der Waals surface area contributed by atoms with Gasteiger partial charge >= 0.3 is 0 Å². The number of aliphatic hydroxyl groups is 1. The molecular weight excluding hydrogens is 450 g/mol. The number of amides is 1. The summed E-state index contributed by atoms with van der Waals surface area (Å²) in [5.74, 6) is 0.917. The molecule has 0 radical (unpaired) electrons. The van der Waals surface area contributed by atoms with Crippen LogP contribution in [0.3, 0.4) is 0 Å². The minimum atomic E-state index is -0.230. The molecule has 1 aliphatic carbocycles. The van der Waals surface area contributed by atoms with Gasteiger partial charge < -0.3 is 20.6 Å². The van der Waals surface area contributed by atoms with Crippen molar-refractivity contribution in [1.82, 2.24) is 15.3 Å². The highest BCUT2D eigenvalue weighted by Crippen LogP contribution is 2.53. The molecule has 1 spiro atoms. The Kier molecular flexibility index (Phi) is 6.39. The van der Waals surface area contributed by atoms with E-state index >= 15 is 0 Å². The predicted octanol–water partition coefficient (Wildman–Crippen LogP) is 4.15. The Morgan fingerprint density at radius 3 is 2.62 bits per heavy atom. The quantitative estimate of drug-likeness (QED) is 0.451. The van der Waals surface area contributed by atoms with Crippen LogP contribution in [0.4, 0.5) is 11.8 Å². The lowest BCUT2D eigenvalue weighted by Crippen LogP contribution is -2.27. The second-order valence-electron chi connectivity index (χ2n) is 9.21. The van der Waals surface area contributed by atoms with Crippen molar-refractivity contribution in [2.24, 2.45) is 5.41 Å². The van der Waals surface area contributed by atoms with E-state index in [1.54, 1.807) is 12.3 Å². The maximum Gasteiger partial charge on any atom is 0.256 e. The van der Waals surface area contributed by atoms with Crippen LogP contribution in [0.25, 0.3) is 0 Å². The summed E-state index contributed by atoms with van der Waals surface area (Å²) in [7, 11) is 0. The molecule has 2 heterocycles. The topological polar surface area (TPSA) is 90.4 Å². The first-order valence-electron chi connectivity index (χ1n) is 11.6. The zero-order chi connectivity index (χ0) is 23.5. The molecule has 8 heteroatoms. The smallest absolute Gasteiger partial charge is 0.256 e. The van der Waals surface area contributed by atoms with Crippen molar-refractivity contribution < 1.29 is 9.90 Å². The average Bonchev–Trinajstić information content (AvgIpc) is 3.50. The highest BCUT2D eigenvalue weighted by Gasteiger charge is 2.48. The lowest BCUT2D eigenvalue weighted by atomic mass is 10.1. The number of aliphatic hydroxyl groups excluding tert-OH is 1. The molecule has 7 nitrogen and oxygen atoms in total. The number of anilines is 2. The first-order chi connectivity index (χ1) is 16.5. The number of rotatable bonds is 8. The van der Waals surface area contributed by atoms with Crippen LogP contribution in [0, 0.1) is 5.41 Å². The number of carbonyl (C=O) groups excluding carboxylic acids is 1. The third kappa shape index (κ3) is 5.00. The van der Waals surface area contributed by atoms with Crippen LogP contribution in [0.5, 0.6) is 0 Å². The van der Waals surface area contributed by atoms with Crippen molar-refractivity contribution in [3.05, 3.63) is 82.0 Å². The van der Waals surface area contributed by atoms with Gasteiger partial charge in [0.25, 0.3) is 5.91 Å². The molecule has 1 amide bonds. The maximum absolute atomic E-state index is 13.0. The molecular formula is C26H28ClN5O2. The summed E-state index contributed by atoms with van der Waals surface area (Å²) < 4.78 is 0. The van der Waals surface area contributed by atoms with E-state index in [-0.39, 0.29) is 12.5 Å². The Labute approximate surface area is 204 Å². The number of benzene rings is 2. The van der Waals surface area contributed by atoms with E-state index in [1.807, 2.05) is 42.5 Å². The van der Waals surface area contributed by atoms with Gasteiger partial charge in [-0.05, 0) is 47.4 Å². The van der Waals surface area contributed by atoms with E-state index in [1.165, 1.54) is 19.3 Å². The monoisotopic (exact) mass is 477 g/mol. The van der Waals surface area contributed by atoms with Crippen molar-refractivity contribution >= 4 is 29.3 Å². The van der Waals surface area contributed by atoms with Gasteiger partial charge in [-0.3, -0.25) is 4.79 Å². The molecule has 2 fully saturated rings. The van der Waals surface area contributed by atoms with E-state index in [0.717, 1.165) is 24.2 Å². The van der Waals surface area contributed by atoms with Gasteiger partial charge in [-0.25, -0.2) is 4.98 Å². The first-order valence-corrected chi connectivity index (χ1v) is 12.0. The molecule has 34 heavy (non-hydrogen) atoms. The Morgan fingerprint density at radius 2 is 1.91 bits per heavy atom. The minimum absolute atomic E-state index is 0.106. The van der Waals surface area contributed by atoms with Gasteiger partial charge in [0.1, 0.15) is 11.4 Å². The number of hydrogen-bond acceptors (Lipinski definition) is 6. The number of hydrogen-bond donors (Lipinski definition) is 3. The van der Waals surface area contributed by atoms with Crippen molar-refractivity contribution in [2.45, 2.75) is 39.0 Å². The highest BCUT2D eigenvalue weighted by atomic mass is 35.5. The molecule has 176 valence electrons. The number of halogens is 1. The van der Waals surface area contributed by atoms with Crippen LogP contribution in [0.2, 0.25) is 5.02 Å². The molecule has 0 atom stereocenters. The normalized spacial score (nSPS) is 16.0. The molecule has 1 aromatic heterocycles. The summed E-state index contributed by atoms with van der Waals surface area (Å²) in [6, 6.07) is 15.3. The van der Waals surface area contributed by atoms with Gasteiger partial charge in [0, 0.05) is 37.4 Å². The van der Waals surface area contributed by atoms with Crippen LogP contribution >= 0.6 is 11.6 Å². The predicted molar refractivity (Wildman–Crippen MR) is 133 cm³/mol. The SMILES string of the molecule is O=C(NCc1ccccc1)c1cnc(N2CCC3(CC3)C2)nc1NCc1ccc(CO)c(Cl)c1. The fourth-order valence-electron chi connectivity index (χ4n) is 4.40. The largest absolute Gasteiger partial charge is 0.392 e. The number of nitrogens with one attached hydrogen (secondary N) is 2. The molecule has 1 aliphatic heterocycles. The molecule has 2 aliphatic rings. The van der Waals surface area contributed by atoms with Crippen molar-refractivity contribution in [3.8, 4) is 0 Å². The van der Waals surface area contributed by atoms with E-state index in [2.05, 4.69) is 20.5 Å². The molecule has 0 unspecified atom stereocenters. The Morgan fingerprint density at radius 1 is 1.09 bits per heavy atom. The highest BCUT2D eigenvalue weighted by molar-refractivity contribution is 6.31. The van der Waals surface area contributed by atoms with Crippen molar-refractivity contribution in [1.29, 1.82) is 0 Å². The van der Waals surface area contributed by atoms with Crippen LogP contribution < -0.4 is 15.5 Å². The Hall–Kier alpha value is -3.16. The van der Waals surface area contributed by atoms with Gasteiger partial charge in [-0.15, -0.1) is 0 Å². The van der Waals surface area contributed by atoms with Crippen molar-refractivity contribution in [2.75, 3.05) is 23.3 Å². The summed E-state index contributed by atoms with van der Waals surface area (Å²) in [6.45, 7) is 2.67. The van der Waals surface area contributed by atoms with E-state index < -0.39 is 0 Å². The van der Waals surface area contributed by atoms with Gasteiger partial charge in [0.15, 0.2) is 0 Å². The lowest BCUT2D eigenvalue weighted by Gasteiger charge is -2.19. The molecule has 1 saturated carbocycles. The summed E-state index contributed by atoms with van der Waals surface area (Å²) in [4.78, 5) is 24.6. The fourth-order valence-corrected chi connectivity index (χ4v) is 4.67. The second kappa shape index (κ2) is 9.60. The zero-order valence-corrected chi connectivity index (χ0v) is 19.7. The zero-order valence-electron chi connectivity index (χ0n) is 18.9. The number of carbonyl (C=O) groups is 1. The third-order valence-electron chi connectivity index (χ3n) is 6.74. The summed E-state index contributed by atoms with van der Waals surface area (Å²) in [5.41, 5.74) is 3.48. The first kappa shape index (κ1) is 22.6. The van der Waals surface area contributed by atoms with Crippen LogP contribution in [0.15, 0.2) is 54.7 Å². The number of aromatic nitrogens is 2. The van der Waals surface area contributed by atoms with Gasteiger partial charge in [0.2, 0.25) is 5.95 Å². The van der Waals surface area contributed by atoms with E-state index in [4.69, 9.17) is 16.6 Å². The Bertz CT molecular complexity index is 1180. The summed E-state index contributed by atoms with van der Waals surface area (Å²) >= 11 is 6.25. The minimum Gasteiger partial charge on any atom is -0.392 e. The standard InChI is InChI=1S/C26H28ClN5O2/c27-22-12-19(6-7-20(22)16-33)14-28-23-21(24(34)29-13-18-4-2-1-3-5-18)15-30-25(31-23)32-11-10-26(17-32)8-9-26/h1-7,12,15,33H,8-11,13-14,16-17H2,(H,29,34)(H,28,30,31). The molecule has 0 bridgehead atoms. The lowest BCUT2D eigenvalue weighted by molar-refractivity contribution is 0.0951. The summed E-state index contributed by atoms with van der Waals surface area (Å²) in [5, 5.41) is 16.2. The van der Waals surface area contributed by atoms with E-state index in [9.17, 15) is 9.90 Å². The molecule has 1 saturated heterocycles. The van der Waals surface area contributed by atoms with Crippen LogP contribution in [-0.4, -0.2) is 34.1 Å². The third-order valence-corrected chi connectivity index (χ3v) is 7.09. The summed E-state index contributed by atoms with van der Waals surface area (Å²) in [6.07, 6.45) is 5.34. The van der Waals surface area contributed by atoms with E-state index in [0.29, 0.717) is 46.4 Å². The maximum atomic E-state index is 13.0. The van der Waals surface area contributed by atoms with Gasteiger partial charge in [-0.1, -0.05) is 54.1 Å².